The molecule has 1 aromatic carbocycles. The van der Waals surface area contributed by atoms with E-state index in [0.29, 0.717) is 23.1 Å². The van der Waals surface area contributed by atoms with Crippen LogP contribution >= 0.6 is 11.6 Å². The van der Waals surface area contributed by atoms with E-state index in [1.807, 2.05) is 0 Å². The summed E-state index contributed by atoms with van der Waals surface area (Å²) in [6, 6.07) is 10.4. The number of rotatable bonds is 4. The Morgan fingerprint density at radius 3 is 2.67 bits per heavy atom. The SMILES string of the molecule is COc1ccc(N2C[C@@H](C(=O)Nc3ccc(Cl)cn3)CC2=O)cc1. The van der Waals surface area contributed by atoms with E-state index in [4.69, 9.17) is 16.3 Å². The molecule has 2 amide bonds. The zero-order valence-electron chi connectivity index (χ0n) is 13.0. The van der Waals surface area contributed by atoms with Gasteiger partial charge in [0.15, 0.2) is 0 Å². The summed E-state index contributed by atoms with van der Waals surface area (Å²) >= 11 is 5.77. The van der Waals surface area contributed by atoms with Crippen LogP contribution in [0.3, 0.4) is 0 Å². The molecule has 1 aliphatic heterocycles. The van der Waals surface area contributed by atoms with E-state index in [0.717, 1.165) is 5.69 Å². The molecule has 0 radical (unpaired) electrons. The lowest BCUT2D eigenvalue weighted by Gasteiger charge is -2.17. The molecule has 24 heavy (non-hydrogen) atoms. The molecular weight excluding hydrogens is 330 g/mol. The van der Waals surface area contributed by atoms with E-state index in [2.05, 4.69) is 10.3 Å². The van der Waals surface area contributed by atoms with E-state index in [1.54, 1.807) is 48.4 Å². The molecule has 1 atom stereocenters. The predicted molar refractivity (Wildman–Crippen MR) is 91.3 cm³/mol. The maximum absolute atomic E-state index is 12.3. The number of amides is 2. The number of carbonyl (C=O) groups excluding carboxylic acids is 2. The quantitative estimate of drug-likeness (QED) is 0.924. The minimum Gasteiger partial charge on any atom is -0.497 e. The zero-order valence-corrected chi connectivity index (χ0v) is 13.8. The van der Waals surface area contributed by atoms with Crippen molar-refractivity contribution in [3.05, 3.63) is 47.6 Å². The van der Waals surface area contributed by atoms with E-state index >= 15 is 0 Å². The molecule has 7 heteroatoms. The second-order valence-electron chi connectivity index (χ2n) is 5.45. The van der Waals surface area contributed by atoms with Crippen molar-refractivity contribution in [3.8, 4) is 5.75 Å². The van der Waals surface area contributed by atoms with Crippen molar-refractivity contribution in [1.29, 1.82) is 0 Å². The first-order valence-corrected chi connectivity index (χ1v) is 7.81. The highest BCUT2D eigenvalue weighted by molar-refractivity contribution is 6.30. The molecule has 1 fully saturated rings. The van der Waals surface area contributed by atoms with Crippen molar-refractivity contribution >= 4 is 34.9 Å². The molecule has 1 saturated heterocycles. The third-order valence-electron chi connectivity index (χ3n) is 3.86. The summed E-state index contributed by atoms with van der Waals surface area (Å²) in [7, 11) is 1.58. The predicted octanol–water partition coefficient (Wildman–Crippen LogP) is 2.74. The number of pyridine rings is 1. The summed E-state index contributed by atoms with van der Waals surface area (Å²) in [4.78, 5) is 30.2. The van der Waals surface area contributed by atoms with Gasteiger partial charge >= 0.3 is 0 Å². The first kappa shape index (κ1) is 16.3. The van der Waals surface area contributed by atoms with Crippen LogP contribution in [0, 0.1) is 5.92 Å². The Morgan fingerprint density at radius 1 is 1.29 bits per heavy atom. The molecule has 1 aliphatic rings. The first-order valence-electron chi connectivity index (χ1n) is 7.43. The standard InChI is InChI=1S/C17H16ClN3O3/c1-24-14-5-3-13(4-6-14)21-10-11(8-16(21)22)17(23)20-15-7-2-12(18)9-19-15/h2-7,9,11H,8,10H2,1H3,(H,19,20,23)/t11-/m0/s1. The number of methoxy groups -OCH3 is 1. The van der Waals surface area contributed by atoms with Gasteiger partial charge in [0.1, 0.15) is 11.6 Å². The van der Waals surface area contributed by atoms with Gasteiger partial charge in [0.2, 0.25) is 11.8 Å². The van der Waals surface area contributed by atoms with Gasteiger partial charge in [0.25, 0.3) is 0 Å². The summed E-state index contributed by atoms with van der Waals surface area (Å²) in [5.41, 5.74) is 0.751. The van der Waals surface area contributed by atoms with Crippen LogP contribution in [0.15, 0.2) is 42.6 Å². The monoisotopic (exact) mass is 345 g/mol. The summed E-state index contributed by atoms with van der Waals surface area (Å²) in [6.45, 7) is 0.338. The molecule has 0 saturated carbocycles. The summed E-state index contributed by atoms with van der Waals surface area (Å²) < 4.78 is 5.11. The molecule has 0 aliphatic carbocycles. The van der Waals surface area contributed by atoms with Crippen molar-refractivity contribution in [1.82, 2.24) is 4.98 Å². The molecule has 2 heterocycles. The normalized spacial score (nSPS) is 17.0. The Bertz CT molecular complexity index is 747. The molecule has 124 valence electrons. The number of aromatic nitrogens is 1. The highest BCUT2D eigenvalue weighted by atomic mass is 35.5. The fourth-order valence-electron chi connectivity index (χ4n) is 2.57. The van der Waals surface area contributed by atoms with Crippen LogP contribution in [0.1, 0.15) is 6.42 Å². The van der Waals surface area contributed by atoms with E-state index in [-0.39, 0.29) is 18.2 Å². The number of benzene rings is 1. The second-order valence-corrected chi connectivity index (χ2v) is 5.89. The van der Waals surface area contributed by atoms with Crippen LogP contribution in [-0.2, 0) is 9.59 Å². The highest BCUT2D eigenvalue weighted by Crippen LogP contribution is 2.27. The molecule has 1 aromatic heterocycles. The van der Waals surface area contributed by atoms with Gasteiger partial charge in [0.05, 0.1) is 18.1 Å². The average Bonchev–Trinajstić information content (AvgIpc) is 2.99. The van der Waals surface area contributed by atoms with Crippen molar-refractivity contribution in [2.24, 2.45) is 5.92 Å². The smallest absolute Gasteiger partial charge is 0.230 e. The molecule has 2 aromatic rings. The number of carbonyl (C=O) groups is 2. The van der Waals surface area contributed by atoms with Crippen molar-refractivity contribution in [3.63, 3.8) is 0 Å². The minimum atomic E-state index is -0.419. The molecular formula is C17H16ClN3O3. The second kappa shape index (κ2) is 6.88. The highest BCUT2D eigenvalue weighted by Gasteiger charge is 2.35. The van der Waals surface area contributed by atoms with Gasteiger partial charge in [-0.15, -0.1) is 0 Å². The lowest BCUT2D eigenvalue weighted by atomic mass is 10.1. The molecule has 3 rings (SSSR count). The number of hydrogen-bond acceptors (Lipinski definition) is 4. The number of anilines is 2. The Hall–Kier alpha value is -2.60. The van der Waals surface area contributed by atoms with Gasteiger partial charge in [-0.2, -0.15) is 0 Å². The number of nitrogens with one attached hydrogen (secondary N) is 1. The van der Waals surface area contributed by atoms with Gasteiger partial charge in [-0.1, -0.05) is 11.6 Å². The lowest BCUT2D eigenvalue weighted by molar-refractivity contribution is -0.122. The summed E-state index contributed by atoms with van der Waals surface area (Å²) in [5.74, 6) is 0.406. The lowest BCUT2D eigenvalue weighted by Crippen LogP contribution is -2.28. The number of ether oxygens (including phenoxy) is 1. The number of halogens is 1. The van der Waals surface area contributed by atoms with Crippen molar-refractivity contribution < 1.29 is 14.3 Å². The van der Waals surface area contributed by atoms with Gasteiger partial charge < -0.3 is 15.0 Å². The summed E-state index contributed by atoms with van der Waals surface area (Å²) in [5, 5.41) is 3.21. The average molecular weight is 346 g/mol. The topological polar surface area (TPSA) is 71.5 Å². The third kappa shape index (κ3) is 3.49. The molecule has 0 unspecified atom stereocenters. The van der Waals surface area contributed by atoms with Gasteiger partial charge in [0, 0.05) is 24.8 Å². The molecule has 0 spiro atoms. The van der Waals surface area contributed by atoms with Crippen LogP contribution in [-0.4, -0.2) is 30.5 Å². The largest absolute Gasteiger partial charge is 0.497 e. The van der Waals surface area contributed by atoms with Crippen molar-refractivity contribution in [2.75, 3.05) is 23.9 Å². The maximum atomic E-state index is 12.3. The van der Waals surface area contributed by atoms with E-state index < -0.39 is 5.92 Å². The van der Waals surface area contributed by atoms with Gasteiger partial charge in [-0.3, -0.25) is 9.59 Å². The van der Waals surface area contributed by atoms with Crippen LogP contribution in [0.4, 0.5) is 11.5 Å². The van der Waals surface area contributed by atoms with Gasteiger partial charge in [-0.25, -0.2) is 4.98 Å². The maximum Gasteiger partial charge on any atom is 0.230 e. The number of hydrogen-bond donors (Lipinski definition) is 1. The van der Waals surface area contributed by atoms with Crippen LogP contribution in [0.2, 0.25) is 5.02 Å². The summed E-state index contributed by atoms with van der Waals surface area (Å²) in [6.07, 6.45) is 1.63. The first-order chi connectivity index (χ1) is 11.6. The molecule has 0 bridgehead atoms. The zero-order chi connectivity index (χ0) is 17.1. The minimum absolute atomic E-state index is 0.0793. The van der Waals surface area contributed by atoms with Crippen LogP contribution in [0.25, 0.3) is 0 Å². The van der Waals surface area contributed by atoms with Crippen LogP contribution in [0.5, 0.6) is 5.75 Å². The van der Waals surface area contributed by atoms with E-state index in [9.17, 15) is 9.59 Å². The van der Waals surface area contributed by atoms with E-state index in [1.165, 1.54) is 6.20 Å². The fourth-order valence-corrected chi connectivity index (χ4v) is 2.68. The Kier molecular flexibility index (Phi) is 4.66. The van der Waals surface area contributed by atoms with Crippen LogP contribution < -0.4 is 15.0 Å². The fraction of sp³-hybridized carbons (Fsp3) is 0.235. The Balaban J connectivity index is 1.67. The molecule has 1 N–H and O–H groups in total. The third-order valence-corrected chi connectivity index (χ3v) is 4.08. The number of nitrogens with zero attached hydrogens (tertiary/aromatic N) is 2. The Morgan fingerprint density at radius 2 is 2.04 bits per heavy atom. The van der Waals surface area contributed by atoms with Gasteiger partial charge in [-0.05, 0) is 36.4 Å². The van der Waals surface area contributed by atoms with Crippen molar-refractivity contribution in [2.45, 2.75) is 6.42 Å². The molecule has 6 nitrogen and oxygen atoms in total. The Labute approximate surface area is 144 Å².